The largest absolute Gasteiger partial charge is 0.153 e. The normalized spacial score (nSPS) is 21.4. The third-order valence-corrected chi connectivity index (χ3v) is 13.6. The summed E-state index contributed by atoms with van der Waals surface area (Å²) in [5.41, 5.74) is 15.7. The smallest absolute Gasteiger partial charge is 0.0400 e. The lowest BCUT2D eigenvalue weighted by atomic mass is 9.69. The highest BCUT2D eigenvalue weighted by Crippen LogP contribution is 2.62. The van der Waals surface area contributed by atoms with E-state index in [-0.39, 0.29) is 0 Å². The Hall–Kier alpha value is -2.24. The Balaban J connectivity index is 1.52. The van der Waals surface area contributed by atoms with Crippen LogP contribution in [-0.2, 0) is 11.5 Å². The Labute approximate surface area is 239 Å². The van der Waals surface area contributed by atoms with Crippen LogP contribution >= 0.6 is 46.2 Å². The summed E-state index contributed by atoms with van der Waals surface area (Å²) in [6.45, 7) is 4.73. The molecule has 2 atom stereocenters. The van der Waals surface area contributed by atoms with Gasteiger partial charge in [0, 0.05) is 70.5 Å². The second-order valence-electron chi connectivity index (χ2n) is 11.1. The molecule has 4 aliphatic rings. The Morgan fingerprint density at radius 1 is 0.737 bits per heavy atom. The van der Waals surface area contributed by atoms with E-state index < -0.39 is 0 Å². The minimum Gasteiger partial charge on any atom is -0.153 e. The monoisotopic (exact) mass is 562 g/mol. The zero-order chi connectivity index (χ0) is 25.1. The summed E-state index contributed by atoms with van der Waals surface area (Å²) in [6, 6.07) is 21.0. The predicted octanol–water partition coefficient (Wildman–Crippen LogP) is 10.7. The number of hydrogen-bond donors (Lipinski definition) is 0. The molecule has 4 heterocycles. The average molecular weight is 563 g/mol. The van der Waals surface area contributed by atoms with E-state index in [2.05, 4.69) is 109 Å². The molecular formula is C34H26S4. The van der Waals surface area contributed by atoms with E-state index in [1.165, 1.54) is 47.3 Å². The molecule has 0 amide bonds. The molecule has 0 radical (unpaired) electrons. The molecule has 3 aromatic carbocycles. The van der Waals surface area contributed by atoms with Crippen LogP contribution in [0.5, 0.6) is 0 Å². The Morgan fingerprint density at radius 2 is 1.47 bits per heavy atom. The van der Waals surface area contributed by atoms with Crippen molar-refractivity contribution in [2.45, 2.75) is 37.2 Å². The summed E-state index contributed by atoms with van der Waals surface area (Å²) in [6.07, 6.45) is 2.66. The molecule has 2 aliphatic heterocycles. The lowest BCUT2D eigenvalue weighted by Gasteiger charge is -2.35. The molecule has 9 rings (SSSR count). The van der Waals surface area contributed by atoms with Crippen LogP contribution in [0.1, 0.15) is 45.9 Å². The van der Waals surface area contributed by atoms with Gasteiger partial charge in [-0.05, 0) is 76.4 Å². The van der Waals surface area contributed by atoms with Crippen molar-refractivity contribution < 1.29 is 0 Å². The van der Waals surface area contributed by atoms with E-state index in [1.807, 2.05) is 11.3 Å². The maximum atomic E-state index is 2.66. The Bertz CT molecular complexity index is 1910. The number of thiophene rings is 2. The van der Waals surface area contributed by atoms with E-state index in [4.69, 9.17) is 0 Å². The first-order chi connectivity index (χ1) is 18.7. The first kappa shape index (κ1) is 22.6. The van der Waals surface area contributed by atoms with Crippen LogP contribution in [0, 0.1) is 6.92 Å². The molecule has 4 heteroatoms. The SMILES string of the molecule is CC1=CC2c3sc4ccccc4c3-c3c(cc(C)c4c3CSC4)-c3sc4ccccc4c3C2C2=C1CSC2. The highest BCUT2D eigenvalue weighted by Gasteiger charge is 2.42. The standard InChI is InChI=1S/C34H26S4/c1-17-11-21-29(25-15-35-13-23(17)25)31-19-7-3-6-10-28(19)38-34(31)22-12-18(2)24-14-36-16-26(24)30(22)32-20-8-4-5-9-27(20)37-33(21)32/h3-12,21,29H,13-16H2,1-2H3. The van der Waals surface area contributed by atoms with E-state index in [0.29, 0.717) is 11.8 Å². The molecule has 2 aromatic heterocycles. The number of rotatable bonds is 0. The molecular weight excluding hydrogens is 537 g/mol. The Kier molecular flexibility index (Phi) is 4.83. The Morgan fingerprint density at radius 3 is 2.34 bits per heavy atom. The van der Waals surface area contributed by atoms with Gasteiger partial charge >= 0.3 is 0 Å². The summed E-state index contributed by atoms with van der Waals surface area (Å²) in [7, 11) is 0. The number of thioether (sulfide) groups is 2. The maximum Gasteiger partial charge on any atom is 0.0400 e. The van der Waals surface area contributed by atoms with Gasteiger partial charge in [-0.3, -0.25) is 0 Å². The van der Waals surface area contributed by atoms with E-state index >= 15 is 0 Å². The van der Waals surface area contributed by atoms with Crippen LogP contribution in [0.3, 0.4) is 0 Å². The third kappa shape index (κ3) is 2.90. The zero-order valence-corrected chi connectivity index (χ0v) is 24.7. The lowest BCUT2D eigenvalue weighted by molar-refractivity contribution is 0.700. The van der Waals surface area contributed by atoms with Gasteiger partial charge in [0.25, 0.3) is 0 Å². The van der Waals surface area contributed by atoms with E-state index in [1.54, 1.807) is 38.3 Å². The molecule has 0 fully saturated rings. The number of allylic oxidation sites excluding steroid dienone is 2. The molecule has 186 valence electrons. The molecule has 5 aromatic rings. The maximum absolute atomic E-state index is 2.66. The molecule has 0 saturated carbocycles. The van der Waals surface area contributed by atoms with Crippen LogP contribution in [-0.4, -0.2) is 11.5 Å². The number of aryl methyl sites for hydroxylation is 1. The third-order valence-electron chi connectivity index (χ3n) is 9.16. The summed E-state index contributed by atoms with van der Waals surface area (Å²) >= 11 is 8.31. The van der Waals surface area contributed by atoms with Crippen molar-refractivity contribution >= 4 is 66.4 Å². The molecule has 2 aliphatic carbocycles. The molecule has 0 spiro atoms. The second kappa shape index (κ2) is 8.14. The minimum absolute atomic E-state index is 0.385. The van der Waals surface area contributed by atoms with Gasteiger partial charge < -0.3 is 0 Å². The van der Waals surface area contributed by atoms with Crippen LogP contribution in [0.2, 0.25) is 0 Å². The second-order valence-corrected chi connectivity index (χ2v) is 15.2. The molecule has 38 heavy (non-hydrogen) atoms. The fraction of sp³-hybridized carbons (Fsp3) is 0.235. The fourth-order valence-electron chi connectivity index (χ4n) is 7.49. The van der Waals surface area contributed by atoms with Crippen molar-refractivity contribution in [3.63, 3.8) is 0 Å². The first-order valence-corrected chi connectivity index (χ1v) is 17.4. The van der Waals surface area contributed by atoms with Gasteiger partial charge in [0.05, 0.1) is 0 Å². The predicted molar refractivity (Wildman–Crippen MR) is 171 cm³/mol. The molecule has 2 unspecified atom stereocenters. The molecule has 0 nitrogen and oxygen atoms in total. The highest BCUT2D eigenvalue weighted by molar-refractivity contribution is 7.99. The molecule has 0 bridgehead atoms. The van der Waals surface area contributed by atoms with Crippen LogP contribution in [0.15, 0.2) is 77.4 Å². The van der Waals surface area contributed by atoms with Crippen molar-refractivity contribution in [2.24, 2.45) is 0 Å². The van der Waals surface area contributed by atoms with Gasteiger partial charge in [-0.1, -0.05) is 48.0 Å². The van der Waals surface area contributed by atoms with Crippen LogP contribution in [0.4, 0.5) is 0 Å². The summed E-state index contributed by atoms with van der Waals surface area (Å²) in [4.78, 5) is 3.11. The van der Waals surface area contributed by atoms with E-state index in [0.717, 1.165) is 23.0 Å². The quantitative estimate of drug-likeness (QED) is 0.184. The van der Waals surface area contributed by atoms with Crippen molar-refractivity contribution in [2.75, 3.05) is 11.5 Å². The van der Waals surface area contributed by atoms with Crippen LogP contribution < -0.4 is 0 Å². The van der Waals surface area contributed by atoms with Gasteiger partial charge in [-0.2, -0.15) is 23.5 Å². The molecule has 0 N–H and O–H groups in total. The van der Waals surface area contributed by atoms with E-state index in [9.17, 15) is 0 Å². The number of fused-ring (bicyclic) bond motifs is 15. The highest BCUT2D eigenvalue weighted by atomic mass is 32.2. The van der Waals surface area contributed by atoms with Crippen molar-refractivity contribution in [3.05, 3.63) is 105 Å². The fourth-order valence-corrected chi connectivity index (χ4v) is 12.6. The van der Waals surface area contributed by atoms with Crippen molar-refractivity contribution in [1.29, 1.82) is 0 Å². The molecule has 0 saturated heterocycles. The van der Waals surface area contributed by atoms with Gasteiger partial charge in [0.15, 0.2) is 0 Å². The lowest BCUT2D eigenvalue weighted by Crippen LogP contribution is -2.20. The summed E-state index contributed by atoms with van der Waals surface area (Å²) < 4.78 is 2.87. The van der Waals surface area contributed by atoms with Crippen molar-refractivity contribution in [3.8, 4) is 21.6 Å². The number of hydrogen-bond acceptors (Lipinski definition) is 4. The van der Waals surface area contributed by atoms with Crippen molar-refractivity contribution in [1.82, 2.24) is 0 Å². The summed E-state index contributed by atoms with van der Waals surface area (Å²) in [5, 5.41) is 2.92. The van der Waals surface area contributed by atoms with Gasteiger partial charge in [0.1, 0.15) is 0 Å². The average Bonchev–Trinajstić information content (AvgIpc) is 3.72. The minimum atomic E-state index is 0.385. The summed E-state index contributed by atoms with van der Waals surface area (Å²) in [5.74, 6) is 5.39. The van der Waals surface area contributed by atoms with Gasteiger partial charge in [-0.25, -0.2) is 0 Å². The van der Waals surface area contributed by atoms with Crippen LogP contribution in [0.25, 0.3) is 41.7 Å². The number of benzene rings is 3. The zero-order valence-electron chi connectivity index (χ0n) is 21.4. The topological polar surface area (TPSA) is 0 Å². The first-order valence-electron chi connectivity index (χ1n) is 13.4. The van der Waals surface area contributed by atoms with Gasteiger partial charge in [0.2, 0.25) is 0 Å². The van der Waals surface area contributed by atoms with Gasteiger partial charge in [-0.15, -0.1) is 22.7 Å².